The van der Waals surface area contributed by atoms with Gasteiger partial charge < -0.3 is 4.74 Å². The van der Waals surface area contributed by atoms with Gasteiger partial charge in [0, 0.05) is 18.4 Å². The third kappa shape index (κ3) is 3.38. The summed E-state index contributed by atoms with van der Waals surface area (Å²) in [4.78, 5) is 36.8. The summed E-state index contributed by atoms with van der Waals surface area (Å²) in [7, 11) is 0. The Labute approximate surface area is 120 Å². The number of imide groups is 1. The van der Waals surface area contributed by atoms with Crippen molar-refractivity contribution >= 4 is 17.8 Å². The van der Waals surface area contributed by atoms with Crippen LogP contribution in [0.15, 0.2) is 0 Å². The second kappa shape index (κ2) is 6.37. The molecule has 1 heterocycles. The number of rotatable bonds is 6. The fourth-order valence-corrected chi connectivity index (χ4v) is 1.98. The number of ether oxygens (including phenoxy) is 1. The first-order valence-corrected chi connectivity index (χ1v) is 7.24. The van der Waals surface area contributed by atoms with Crippen molar-refractivity contribution in [3.05, 3.63) is 0 Å². The fraction of sp³-hybridized carbons (Fsp3) is 0.800. The highest BCUT2D eigenvalue weighted by Gasteiger charge is 2.41. The summed E-state index contributed by atoms with van der Waals surface area (Å²) in [6.07, 6.45) is 1.20. The van der Waals surface area contributed by atoms with Crippen LogP contribution in [0, 0.1) is 17.3 Å². The Kier molecular flexibility index (Phi) is 5.31. The molecule has 2 amide bonds. The van der Waals surface area contributed by atoms with E-state index in [2.05, 4.69) is 0 Å². The quantitative estimate of drug-likeness (QED) is 0.425. The molecule has 0 saturated carbocycles. The number of esters is 1. The summed E-state index contributed by atoms with van der Waals surface area (Å²) in [5, 5.41) is 0. The maximum Gasteiger partial charge on any atom is 0.311 e. The standard InChI is InChI=1S/C15H25NO4/c1-6-15(4,5)14(19)20-9-7-8-16-12(17)10(2)11(3)13(16)18/h10-11H,6-9H2,1-5H3. The molecule has 5 nitrogen and oxygen atoms in total. The molecule has 0 N–H and O–H groups in total. The number of hydrogen-bond acceptors (Lipinski definition) is 4. The first-order chi connectivity index (χ1) is 9.22. The zero-order valence-corrected chi connectivity index (χ0v) is 13.1. The van der Waals surface area contributed by atoms with Gasteiger partial charge in [-0.1, -0.05) is 20.8 Å². The Hall–Kier alpha value is -1.39. The van der Waals surface area contributed by atoms with Crippen LogP contribution in [0.4, 0.5) is 0 Å². The van der Waals surface area contributed by atoms with Crippen LogP contribution >= 0.6 is 0 Å². The van der Waals surface area contributed by atoms with E-state index in [0.29, 0.717) is 19.4 Å². The Morgan fingerprint density at radius 1 is 1.20 bits per heavy atom. The average molecular weight is 283 g/mol. The van der Waals surface area contributed by atoms with E-state index in [0.717, 1.165) is 0 Å². The van der Waals surface area contributed by atoms with Crippen molar-refractivity contribution in [2.75, 3.05) is 13.2 Å². The second-order valence-corrected chi connectivity index (χ2v) is 6.13. The lowest BCUT2D eigenvalue weighted by atomic mass is 9.91. The smallest absolute Gasteiger partial charge is 0.311 e. The molecular weight excluding hydrogens is 258 g/mol. The monoisotopic (exact) mass is 283 g/mol. The molecule has 1 aliphatic rings. The van der Waals surface area contributed by atoms with E-state index in [4.69, 9.17) is 4.74 Å². The number of likely N-dealkylation sites (tertiary alicyclic amines) is 1. The van der Waals surface area contributed by atoms with Crippen LogP contribution in [0.5, 0.6) is 0 Å². The molecule has 1 fully saturated rings. The minimum Gasteiger partial charge on any atom is -0.465 e. The van der Waals surface area contributed by atoms with E-state index in [1.54, 1.807) is 13.8 Å². The minimum absolute atomic E-state index is 0.122. The van der Waals surface area contributed by atoms with Gasteiger partial charge in [0.1, 0.15) is 0 Å². The highest BCUT2D eigenvalue weighted by molar-refractivity contribution is 6.04. The van der Waals surface area contributed by atoms with Crippen LogP contribution in [0.3, 0.4) is 0 Å². The van der Waals surface area contributed by atoms with Crippen molar-refractivity contribution in [1.82, 2.24) is 4.90 Å². The Morgan fingerprint density at radius 3 is 2.15 bits per heavy atom. The zero-order chi connectivity index (χ0) is 15.5. The number of carbonyl (C=O) groups excluding carboxylic acids is 3. The van der Waals surface area contributed by atoms with Crippen LogP contribution in [0.2, 0.25) is 0 Å². The molecule has 2 unspecified atom stereocenters. The number of carbonyl (C=O) groups is 3. The average Bonchev–Trinajstić information content (AvgIpc) is 2.60. The van der Waals surface area contributed by atoms with E-state index < -0.39 is 5.41 Å². The number of nitrogens with zero attached hydrogens (tertiary/aromatic N) is 1. The Balaban J connectivity index is 2.37. The predicted octanol–water partition coefficient (Wildman–Crippen LogP) is 2.00. The van der Waals surface area contributed by atoms with Crippen LogP contribution < -0.4 is 0 Å². The van der Waals surface area contributed by atoms with E-state index in [-0.39, 0.29) is 36.2 Å². The first-order valence-electron chi connectivity index (χ1n) is 7.24. The molecule has 114 valence electrons. The number of amides is 2. The summed E-state index contributed by atoms with van der Waals surface area (Å²) < 4.78 is 5.19. The maximum atomic E-state index is 11.9. The van der Waals surface area contributed by atoms with Gasteiger partial charge in [0.25, 0.3) is 0 Å². The maximum absolute atomic E-state index is 11.9. The molecule has 0 aromatic carbocycles. The van der Waals surface area contributed by atoms with Crippen LogP contribution in [0.1, 0.15) is 47.5 Å². The summed E-state index contributed by atoms with van der Waals surface area (Å²) in [5.41, 5.74) is -0.484. The second-order valence-electron chi connectivity index (χ2n) is 6.13. The number of hydrogen-bond donors (Lipinski definition) is 0. The lowest BCUT2D eigenvalue weighted by Crippen LogP contribution is -2.33. The summed E-state index contributed by atoms with van der Waals surface area (Å²) in [6.45, 7) is 9.72. The van der Waals surface area contributed by atoms with Gasteiger partial charge in [-0.2, -0.15) is 0 Å². The minimum atomic E-state index is -0.484. The van der Waals surface area contributed by atoms with E-state index in [1.807, 2.05) is 20.8 Å². The van der Waals surface area contributed by atoms with Crippen molar-refractivity contribution < 1.29 is 19.1 Å². The van der Waals surface area contributed by atoms with Crippen LogP contribution in [-0.2, 0) is 19.1 Å². The molecule has 2 atom stereocenters. The predicted molar refractivity (Wildman–Crippen MR) is 74.7 cm³/mol. The third-order valence-corrected chi connectivity index (χ3v) is 4.26. The molecule has 1 saturated heterocycles. The van der Waals surface area contributed by atoms with Crippen molar-refractivity contribution in [2.45, 2.75) is 47.5 Å². The molecular formula is C15H25NO4. The van der Waals surface area contributed by atoms with Gasteiger partial charge in [0.2, 0.25) is 11.8 Å². The Morgan fingerprint density at radius 2 is 1.70 bits per heavy atom. The largest absolute Gasteiger partial charge is 0.465 e. The SMILES string of the molecule is CCC(C)(C)C(=O)OCCCN1C(=O)C(C)C(C)C1=O. The third-order valence-electron chi connectivity index (χ3n) is 4.26. The van der Waals surface area contributed by atoms with Crippen molar-refractivity contribution in [3.8, 4) is 0 Å². The summed E-state index contributed by atoms with van der Waals surface area (Å²) >= 11 is 0. The van der Waals surface area contributed by atoms with Gasteiger partial charge in [-0.3, -0.25) is 19.3 Å². The molecule has 1 aliphatic heterocycles. The van der Waals surface area contributed by atoms with Gasteiger partial charge in [0.05, 0.1) is 12.0 Å². The zero-order valence-electron chi connectivity index (χ0n) is 13.1. The van der Waals surface area contributed by atoms with Crippen molar-refractivity contribution in [1.29, 1.82) is 0 Å². The fourth-order valence-electron chi connectivity index (χ4n) is 1.98. The normalized spacial score (nSPS) is 23.4. The molecule has 0 aromatic heterocycles. The molecule has 5 heteroatoms. The van der Waals surface area contributed by atoms with Crippen LogP contribution in [0.25, 0.3) is 0 Å². The summed E-state index contributed by atoms with van der Waals surface area (Å²) in [6, 6.07) is 0. The lowest BCUT2D eigenvalue weighted by molar-refractivity contribution is -0.154. The first kappa shape index (κ1) is 16.7. The van der Waals surface area contributed by atoms with Gasteiger partial charge in [-0.15, -0.1) is 0 Å². The Bertz CT molecular complexity index is 383. The molecule has 0 aromatic rings. The van der Waals surface area contributed by atoms with Crippen molar-refractivity contribution in [3.63, 3.8) is 0 Å². The van der Waals surface area contributed by atoms with Crippen LogP contribution in [-0.4, -0.2) is 35.8 Å². The van der Waals surface area contributed by atoms with E-state index in [9.17, 15) is 14.4 Å². The lowest BCUT2D eigenvalue weighted by Gasteiger charge is -2.21. The molecule has 20 heavy (non-hydrogen) atoms. The van der Waals surface area contributed by atoms with E-state index >= 15 is 0 Å². The molecule has 0 bridgehead atoms. The van der Waals surface area contributed by atoms with Crippen molar-refractivity contribution in [2.24, 2.45) is 17.3 Å². The topological polar surface area (TPSA) is 63.7 Å². The molecule has 1 rings (SSSR count). The van der Waals surface area contributed by atoms with Gasteiger partial charge in [-0.05, 0) is 26.7 Å². The molecule has 0 spiro atoms. The van der Waals surface area contributed by atoms with Gasteiger partial charge in [0.15, 0.2) is 0 Å². The van der Waals surface area contributed by atoms with E-state index in [1.165, 1.54) is 4.90 Å². The summed E-state index contributed by atoms with van der Waals surface area (Å²) in [5.74, 6) is -0.973. The highest BCUT2D eigenvalue weighted by Crippen LogP contribution is 2.25. The molecule has 0 aliphatic carbocycles. The molecule has 0 radical (unpaired) electrons. The highest BCUT2D eigenvalue weighted by atomic mass is 16.5. The van der Waals surface area contributed by atoms with Gasteiger partial charge in [-0.25, -0.2) is 0 Å². The van der Waals surface area contributed by atoms with Gasteiger partial charge >= 0.3 is 5.97 Å².